The van der Waals surface area contributed by atoms with Crippen molar-refractivity contribution < 1.29 is 8.78 Å². The van der Waals surface area contributed by atoms with Gasteiger partial charge in [-0.15, -0.1) is 0 Å². The van der Waals surface area contributed by atoms with E-state index in [4.69, 9.17) is 11.1 Å². The van der Waals surface area contributed by atoms with Crippen molar-refractivity contribution in [2.45, 2.75) is 12.6 Å². The van der Waals surface area contributed by atoms with Crippen LogP contribution in [0.25, 0.3) is 0 Å². The van der Waals surface area contributed by atoms with E-state index in [0.29, 0.717) is 5.56 Å². The van der Waals surface area contributed by atoms with E-state index in [1.165, 1.54) is 24.3 Å². The molecule has 0 saturated carbocycles. The van der Waals surface area contributed by atoms with Crippen molar-refractivity contribution in [1.29, 1.82) is 5.41 Å². The Morgan fingerprint density at radius 3 is 2.38 bits per heavy atom. The molecule has 0 heterocycles. The van der Waals surface area contributed by atoms with Crippen molar-refractivity contribution in [3.63, 3.8) is 0 Å². The molecular formula is C9H10F2N2. The number of nitrogens with one attached hydrogen (secondary N) is 1. The average molecular weight is 184 g/mol. The number of hydrogen-bond acceptors (Lipinski definition) is 1. The largest absolute Gasteiger partial charge is 0.385 e. The number of halogens is 2. The summed E-state index contributed by atoms with van der Waals surface area (Å²) in [5, 5.41) is 6.82. The van der Waals surface area contributed by atoms with E-state index in [0.717, 1.165) is 0 Å². The lowest BCUT2D eigenvalue weighted by atomic mass is 10.1. The minimum absolute atomic E-state index is 0.0234. The van der Waals surface area contributed by atoms with Crippen LogP contribution in [0.15, 0.2) is 24.3 Å². The van der Waals surface area contributed by atoms with Crippen LogP contribution >= 0.6 is 0 Å². The van der Waals surface area contributed by atoms with Crippen molar-refractivity contribution in [3.05, 3.63) is 35.6 Å². The first-order chi connectivity index (χ1) is 6.09. The molecule has 0 fully saturated rings. The van der Waals surface area contributed by atoms with Crippen molar-refractivity contribution in [1.82, 2.24) is 0 Å². The Bertz CT molecular complexity index is 295. The molecule has 0 aliphatic rings. The van der Waals surface area contributed by atoms with Crippen LogP contribution in [0.5, 0.6) is 0 Å². The minimum atomic E-state index is -1.48. The number of nitrogens with two attached hydrogens (primary N) is 1. The van der Waals surface area contributed by atoms with Crippen LogP contribution in [0.3, 0.4) is 0 Å². The normalized spacial score (nSPS) is 12.5. The predicted molar refractivity (Wildman–Crippen MR) is 46.9 cm³/mol. The van der Waals surface area contributed by atoms with Crippen LogP contribution in [-0.4, -0.2) is 12.0 Å². The fraction of sp³-hybridized carbons (Fsp3) is 0.222. The minimum Gasteiger partial charge on any atom is -0.385 e. The van der Waals surface area contributed by atoms with Gasteiger partial charge in [0.15, 0.2) is 6.17 Å². The van der Waals surface area contributed by atoms with Gasteiger partial charge in [0.2, 0.25) is 0 Å². The van der Waals surface area contributed by atoms with Crippen LogP contribution in [0.4, 0.5) is 8.78 Å². The maximum absolute atomic E-state index is 12.9. The van der Waals surface area contributed by atoms with Crippen LogP contribution in [0.2, 0.25) is 0 Å². The Balaban J connectivity index is 2.64. The summed E-state index contributed by atoms with van der Waals surface area (Å²) in [5.74, 6) is -0.855. The average Bonchev–Trinajstić information content (AvgIpc) is 2.08. The quantitative estimate of drug-likeness (QED) is 0.544. The zero-order chi connectivity index (χ0) is 9.84. The summed E-state index contributed by atoms with van der Waals surface area (Å²) in [7, 11) is 0. The molecule has 1 unspecified atom stereocenters. The van der Waals surface area contributed by atoms with Gasteiger partial charge in [0.25, 0.3) is 0 Å². The third-order valence-electron chi connectivity index (χ3n) is 1.67. The number of alkyl halides is 1. The summed E-state index contributed by atoms with van der Waals surface area (Å²) in [6.07, 6.45) is -1.46. The van der Waals surface area contributed by atoms with Gasteiger partial charge in [-0.25, -0.2) is 8.78 Å². The molecule has 1 atom stereocenters. The van der Waals surface area contributed by atoms with Crippen LogP contribution in [-0.2, 0) is 6.42 Å². The third-order valence-corrected chi connectivity index (χ3v) is 1.67. The van der Waals surface area contributed by atoms with Gasteiger partial charge in [0, 0.05) is 6.42 Å². The van der Waals surface area contributed by atoms with Crippen molar-refractivity contribution in [2.75, 3.05) is 0 Å². The standard InChI is InChI=1S/C9H10F2N2/c10-7-3-1-6(2-4-7)5-8(11)9(12)13/h1-4,8H,5H2,(H3,12,13). The van der Waals surface area contributed by atoms with Gasteiger partial charge < -0.3 is 5.73 Å². The Morgan fingerprint density at radius 1 is 1.38 bits per heavy atom. The lowest BCUT2D eigenvalue weighted by Gasteiger charge is -2.05. The topological polar surface area (TPSA) is 49.9 Å². The SMILES string of the molecule is N=C(N)C(F)Cc1ccc(F)cc1. The summed E-state index contributed by atoms with van der Waals surface area (Å²) >= 11 is 0. The molecule has 0 radical (unpaired) electrons. The summed E-state index contributed by atoms with van der Waals surface area (Å²) in [6.45, 7) is 0. The highest BCUT2D eigenvalue weighted by Crippen LogP contribution is 2.07. The zero-order valence-electron chi connectivity index (χ0n) is 6.93. The summed E-state index contributed by atoms with van der Waals surface area (Å²) < 4.78 is 25.3. The first-order valence-corrected chi connectivity index (χ1v) is 3.82. The van der Waals surface area contributed by atoms with Gasteiger partial charge in [-0.2, -0.15) is 0 Å². The molecule has 0 aromatic heterocycles. The van der Waals surface area contributed by atoms with Crippen LogP contribution < -0.4 is 5.73 Å². The van der Waals surface area contributed by atoms with Gasteiger partial charge in [-0.3, -0.25) is 5.41 Å². The lowest BCUT2D eigenvalue weighted by Crippen LogP contribution is -2.25. The maximum atomic E-state index is 12.9. The third kappa shape index (κ3) is 2.82. The fourth-order valence-corrected chi connectivity index (χ4v) is 0.937. The van der Waals surface area contributed by atoms with E-state index in [1.54, 1.807) is 0 Å². The molecule has 70 valence electrons. The van der Waals surface area contributed by atoms with Crippen LogP contribution in [0.1, 0.15) is 5.56 Å². The second kappa shape index (κ2) is 3.98. The Kier molecular flexibility index (Phi) is 2.95. The predicted octanol–water partition coefficient (Wildman–Crippen LogP) is 1.64. The second-order valence-electron chi connectivity index (χ2n) is 2.75. The van der Waals surface area contributed by atoms with Gasteiger partial charge in [-0.05, 0) is 17.7 Å². The Morgan fingerprint density at radius 2 is 1.92 bits per heavy atom. The van der Waals surface area contributed by atoms with E-state index < -0.39 is 12.0 Å². The molecule has 0 aliphatic carbocycles. The van der Waals surface area contributed by atoms with Gasteiger partial charge >= 0.3 is 0 Å². The summed E-state index contributed by atoms with van der Waals surface area (Å²) in [6, 6.07) is 5.46. The summed E-state index contributed by atoms with van der Waals surface area (Å²) in [5.41, 5.74) is 5.58. The Hall–Kier alpha value is -1.45. The molecule has 1 rings (SSSR count). The molecule has 1 aromatic carbocycles. The highest BCUT2D eigenvalue weighted by Gasteiger charge is 2.10. The zero-order valence-corrected chi connectivity index (χ0v) is 6.93. The second-order valence-corrected chi connectivity index (χ2v) is 2.75. The highest BCUT2D eigenvalue weighted by molar-refractivity contribution is 5.81. The van der Waals surface area contributed by atoms with Gasteiger partial charge in [-0.1, -0.05) is 12.1 Å². The monoisotopic (exact) mass is 184 g/mol. The Labute approximate surface area is 74.9 Å². The number of rotatable bonds is 3. The number of benzene rings is 1. The molecule has 13 heavy (non-hydrogen) atoms. The number of hydrogen-bond donors (Lipinski definition) is 2. The van der Waals surface area contributed by atoms with Crippen molar-refractivity contribution in [2.24, 2.45) is 5.73 Å². The molecule has 1 aromatic rings. The number of amidine groups is 1. The first-order valence-electron chi connectivity index (χ1n) is 3.82. The maximum Gasteiger partial charge on any atom is 0.160 e. The molecule has 4 heteroatoms. The van der Waals surface area contributed by atoms with Gasteiger partial charge in [0.05, 0.1) is 0 Å². The molecule has 0 aliphatic heterocycles. The van der Waals surface area contributed by atoms with Crippen molar-refractivity contribution >= 4 is 5.84 Å². The highest BCUT2D eigenvalue weighted by atomic mass is 19.1. The molecule has 0 saturated heterocycles. The molecule has 0 bridgehead atoms. The lowest BCUT2D eigenvalue weighted by molar-refractivity contribution is 0.418. The first kappa shape index (κ1) is 9.64. The van der Waals surface area contributed by atoms with Gasteiger partial charge in [0.1, 0.15) is 11.7 Å². The molecule has 0 spiro atoms. The van der Waals surface area contributed by atoms with E-state index in [9.17, 15) is 8.78 Å². The van der Waals surface area contributed by atoms with Crippen molar-refractivity contribution in [3.8, 4) is 0 Å². The van der Waals surface area contributed by atoms with Crippen LogP contribution in [0, 0.1) is 11.2 Å². The van der Waals surface area contributed by atoms with E-state index in [-0.39, 0.29) is 12.2 Å². The smallest absolute Gasteiger partial charge is 0.160 e. The van der Waals surface area contributed by atoms with E-state index >= 15 is 0 Å². The molecule has 3 N–H and O–H groups in total. The molecule has 0 amide bonds. The molecular weight excluding hydrogens is 174 g/mol. The fourth-order valence-electron chi connectivity index (χ4n) is 0.937. The molecule has 2 nitrogen and oxygen atoms in total. The van der Waals surface area contributed by atoms with E-state index in [1.807, 2.05) is 0 Å². The van der Waals surface area contributed by atoms with E-state index in [2.05, 4.69) is 0 Å². The summed E-state index contributed by atoms with van der Waals surface area (Å²) in [4.78, 5) is 0.